The minimum Gasteiger partial charge on any atom is -0.493 e. The molecule has 0 amide bonds. The van der Waals surface area contributed by atoms with Crippen LogP contribution in [0.1, 0.15) is 95.4 Å². The second-order valence-corrected chi connectivity index (χ2v) is 12.1. The molecule has 0 unspecified atom stereocenters. The SMILES string of the molecule is CC(C)c1cc(OCCCCn2cc(C(C)C)cn2)cc(OCc2cc(C(C)(C)C)c3cn(C)nc3c2)c1. The lowest BCUT2D eigenvalue weighted by Gasteiger charge is -2.21. The summed E-state index contributed by atoms with van der Waals surface area (Å²) >= 11 is 0. The maximum absolute atomic E-state index is 6.33. The molecule has 0 fully saturated rings. The first kappa shape index (κ1) is 27.7. The number of unbranched alkanes of at least 4 members (excludes halogenated alkanes) is 1. The molecular weight excluding hydrogens is 472 g/mol. The van der Waals surface area contributed by atoms with Crippen molar-refractivity contribution in [3.05, 3.63) is 71.2 Å². The number of fused-ring (bicyclic) bond motifs is 1. The first-order valence-electron chi connectivity index (χ1n) is 13.9. The molecule has 0 aliphatic rings. The fourth-order valence-electron chi connectivity index (χ4n) is 4.63. The monoisotopic (exact) mass is 516 g/mol. The van der Waals surface area contributed by atoms with Crippen LogP contribution in [-0.4, -0.2) is 26.2 Å². The van der Waals surface area contributed by atoms with Gasteiger partial charge in [0.05, 0.1) is 18.3 Å². The number of nitrogens with zero attached hydrogens (tertiary/aromatic N) is 4. The summed E-state index contributed by atoms with van der Waals surface area (Å²) in [5.74, 6) is 2.59. The normalized spacial score (nSPS) is 12.2. The topological polar surface area (TPSA) is 54.1 Å². The van der Waals surface area contributed by atoms with E-state index in [0.29, 0.717) is 25.0 Å². The van der Waals surface area contributed by atoms with Gasteiger partial charge < -0.3 is 9.47 Å². The Labute approximate surface area is 228 Å². The zero-order valence-corrected chi connectivity index (χ0v) is 24.4. The molecule has 0 aliphatic heterocycles. The van der Waals surface area contributed by atoms with Crippen molar-refractivity contribution in [1.82, 2.24) is 19.6 Å². The molecule has 4 rings (SSSR count). The van der Waals surface area contributed by atoms with Crippen LogP contribution in [0.4, 0.5) is 0 Å². The van der Waals surface area contributed by atoms with E-state index in [4.69, 9.17) is 9.47 Å². The fourth-order valence-corrected chi connectivity index (χ4v) is 4.63. The van der Waals surface area contributed by atoms with Crippen molar-refractivity contribution in [3.63, 3.8) is 0 Å². The highest BCUT2D eigenvalue weighted by Gasteiger charge is 2.20. The third-order valence-electron chi connectivity index (χ3n) is 6.95. The van der Waals surface area contributed by atoms with Gasteiger partial charge in [-0.15, -0.1) is 0 Å². The lowest BCUT2D eigenvalue weighted by atomic mass is 9.84. The van der Waals surface area contributed by atoms with Crippen molar-refractivity contribution in [1.29, 1.82) is 0 Å². The Kier molecular flexibility index (Phi) is 8.49. The van der Waals surface area contributed by atoms with Crippen molar-refractivity contribution in [2.24, 2.45) is 7.05 Å². The van der Waals surface area contributed by atoms with E-state index in [9.17, 15) is 0 Å². The van der Waals surface area contributed by atoms with Crippen molar-refractivity contribution in [2.75, 3.05) is 6.61 Å². The van der Waals surface area contributed by atoms with E-state index in [1.165, 1.54) is 22.1 Å². The van der Waals surface area contributed by atoms with Gasteiger partial charge in [-0.3, -0.25) is 9.36 Å². The predicted octanol–water partition coefficient (Wildman–Crippen LogP) is 7.75. The second kappa shape index (κ2) is 11.6. The summed E-state index contributed by atoms with van der Waals surface area (Å²) in [5, 5.41) is 10.3. The average molecular weight is 517 g/mol. The molecule has 0 saturated heterocycles. The Balaban J connectivity index is 1.40. The Morgan fingerprint density at radius 2 is 1.55 bits per heavy atom. The number of rotatable bonds is 11. The standard InChI is InChI=1S/C32H44N4O2/c1-22(2)25-15-27(37-12-10-9-11-36-19-26(18-33-36)23(3)4)17-28(16-25)38-21-24-13-30(32(5,6)7)29-20-35(8)34-31(29)14-24/h13-20,22-23H,9-12,21H2,1-8H3. The predicted molar refractivity (Wildman–Crippen MR) is 155 cm³/mol. The summed E-state index contributed by atoms with van der Waals surface area (Å²) in [6.45, 7) is 17.6. The highest BCUT2D eigenvalue weighted by molar-refractivity contribution is 5.83. The molecule has 0 aliphatic carbocycles. The molecule has 38 heavy (non-hydrogen) atoms. The number of benzene rings is 2. The van der Waals surface area contributed by atoms with Gasteiger partial charge in [0.15, 0.2) is 0 Å². The maximum atomic E-state index is 6.33. The molecule has 2 aromatic carbocycles. The molecule has 0 radical (unpaired) electrons. The summed E-state index contributed by atoms with van der Waals surface area (Å²) in [5.41, 5.74) is 5.94. The third kappa shape index (κ3) is 6.97. The van der Waals surface area contributed by atoms with Gasteiger partial charge in [-0.25, -0.2) is 0 Å². The molecule has 6 nitrogen and oxygen atoms in total. The minimum absolute atomic E-state index is 0.0178. The Morgan fingerprint density at radius 1 is 0.842 bits per heavy atom. The average Bonchev–Trinajstić information content (AvgIpc) is 3.47. The molecular formula is C32H44N4O2. The largest absolute Gasteiger partial charge is 0.493 e. The lowest BCUT2D eigenvalue weighted by molar-refractivity contribution is 0.288. The van der Waals surface area contributed by atoms with Crippen LogP contribution in [0.3, 0.4) is 0 Å². The number of ether oxygens (including phenoxy) is 2. The van der Waals surface area contributed by atoms with Crippen LogP contribution in [-0.2, 0) is 25.6 Å². The van der Waals surface area contributed by atoms with Crippen LogP contribution in [0, 0.1) is 0 Å². The zero-order chi connectivity index (χ0) is 27.4. The van der Waals surface area contributed by atoms with Gasteiger partial charge >= 0.3 is 0 Å². The van der Waals surface area contributed by atoms with Crippen LogP contribution in [0.2, 0.25) is 0 Å². The number of hydrogen-bond donors (Lipinski definition) is 0. The third-order valence-corrected chi connectivity index (χ3v) is 6.95. The van der Waals surface area contributed by atoms with Crippen molar-refractivity contribution < 1.29 is 9.47 Å². The first-order chi connectivity index (χ1) is 18.0. The van der Waals surface area contributed by atoms with Crippen LogP contribution in [0.5, 0.6) is 11.5 Å². The van der Waals surface area contributed by atoms with Crippen LogP contribution in [0.15, 0.2) is 48.9 Å². The van der Waals surface area contributed by atoms with Gasteiger partial charge in [0.25, 0.3) is 0 Å². The molecule has 0 saturated carbocycles. The first-order valence-corrected chi connectivity index (χ1v) is 13.9. The molecule has 0 spiro atoms. The molecule has 204 valence electrons. The summed E-state index contributed by atoms with van der Waals surface area (Å²) in [6.07, 6.45) is 8.22. The summed E-state index contributed by atoms with van der Waals surface area (Å²) in [4.78, 5) is 0. The van der Waals surface area contributed by atoms with Crippen molar-refractivity contribution in [3.8, 4) is 11.5 Å². The van der Waals surface area contributed by atoms with Gasteiger partial charge in [0.2, 0.25) is 0 Å². The van der Waals surface area contributed by atoms with Crippen molar-refractivity contribution >= 4 is 10.9 Å². The van der Waals surface area contributed by atoms with E-state index in [1.54, 1.807) is 0 Å². The smallest absolute Gasteiger partial charge is 0.123 e. The van der Waals surface area contributed by atoms with E-state index >= 15 is 0 Å². The highest BCUT2D eigenvalue weighted by atomic mass is 16.5. The number of hydrogen-bond acceptors (Lipinski definition) is 4. The van der Waals surface area contributed by atoms with Gasteiger partial charge in [-0.1, -0.05) is 54.5 Å². The van der Waals surface area contributed by atoms with Crippen LogP contribution >= 0.6 is 0 Å². The Hall–Kier alpha value is -3.28. The van der Waals surface area contributed by atoms with E-state index in [-0.39, 0.29) is 5.41 Å². The molecule has 6 heteroatoms. The minimum atomic E-state index is 0.0178. The second-order valence-electron chi connectivity index (χ2n) is 12.1. The van der Waals surface area contributed by atoms with E-state index in [1.807, 2.05) is 28.7 Å². The molecule has 0 bridgehead atoms. The summed E-state index contributed by atoms with van der Waals surface area (Å²) in [6, 6.07) is 10.7. The Bertz CT molecular complexity index is 1360. The van der Waals surface area contributed by atoms with Crippen LogP contribution < -0.4 is 9.47 Å². The molecule has 0 atom stereocenters. The van der Waals surface area contributed by atoms with Gasteiger partial charge in [-0.05, 0) is 70.5 Å². The number of aryl methyl sites for hydroxylation is 2. The summed E-state index contributed by atoms with van der Waals surface area (Å²) < 4.78 is 16.4. The highest BCUT2D eigenvalue weighted by Crippen LogP contribution is 2.32. The summed E-state index contributed by atoms with van der Waals surface area (Å²) in [7, 11) is 1.97. The van der Waals surface area contributed by atoms with E-state index < -0.39 is 0 Å². The molecule has 4 aromatic rings. The maximum Gasteiger partial charge on any atom is 0.123 e. The molecule has 0 N–H and O–H groups in total. The molecule has 2 heterocycles. The quantitative estimate of drug-likeness (QED) is 0.191. The Morgan fingerprint density at radius 3 is 2.21 bits per heavy atom. The lowest BCUT2D eigenvalue weighted by Crippen LogP contribution is -2.12. The van der Waals surface area contributed by atoms with Gasteiger partial charge in [-0.2, -0.15) is 10.2 Å². The molecule has 2 aromatic heterocycles. The van der Waals surface area contributed by atoms with Crippen molar-refractivity contribution in [2.45, 2.75) is 91.7 Å². The van der Waals surface area contributed by atoms with E-state index in [0.717, 1.165) is 42.0 Å². The van der Waals surface area contributed by atoms with Crippen LogP contribution in [0.25, 0.3) is 10.9 Å². The van der Waals surface area contributed by atoms with Gasteiger partial charge in [0, 0.05) is 37.4 Å². The fraction of sp³-hybridized carbons (Fsp3) is 0.500. The number of aromatic nitrogens is 4. The van der Waals surface area contributed by atoms with E-state index in [2.05, 4.69) is 95.3 Å². The zero-order valence-electron chi connectivity index (χ0n) is 24.4. The van der Waals surface area contributed by atoms with Gasteiger partial charge in [0.1, 0.15) is 18.1 Å².